The van der Waals surface area contributed by atoms with Crippen LogP contribution in [0.4, 0.5) is 0 Å². The Balaban J connectivity index is 0.00000128. The van der Waals surface area contributed by atoms with E-state index in [0.29, 0.717) is 6.54 Å². The molecule has 0 aromatic carbocycles. The lowest BCUT2D eigenvalue weighted by Gasteiger charge is -2.31. The standard InChI is InChI=1S/C9H14BrN3OS.ClH/c10-8-4-12-9(15-8)6-13-1-2-14-7(3-11)5-13;/h4,7H,1-3,5-6,11H2;1H. The number of halogens is 2. The molecule has 0 spiro atoms. The third-order valence-corrected chi connectivity index (χ3v) is 3.83. The minimum absolute atomic E-state index is 0. The van der Waals surface area contributed by atoms with Crippen molar-refractivity contribution in [1.29, 1.82) is 0 Å². The Kier molecular flexibility index (Phi) is 6.17. The molecule has 1 saturated heterocycles. The van der Waals surface area contributed by atoms with Gasteiger partial charge in [-0.3, -0.25) is 4.90 Å². The van der Waals surface area contributed by atoms with E-state index in [9.17, 15) is 0 Å². The van der Waals surface area contributed by atoms with E-state index in [2.05, 4.69) is 25.8 Å². The van der Waals surface area contributed by atoms with Gasteiger partial charge < -0.3 is 10.5 Å². The van der Waals surface area contributed by atoms with Crippen molar-refractivity contribution < 1.29 is 4.74 Å². The van der Waals surface area contributed by atoms with Crippen LogP contribution in [0.25, 0.3) is 0 Å². The molecule has 2 N–H and O–H groups in total. The first-order chi connectivity index (χ1) is 7.28. The Labute approximate surface area is 114 Å². The van der Waals surface area contributed by atoms with Crippen LogP contribution in [0.3, 0.4) is 0 Å². The van der Waals surface area contributed by atoms with Gasteiger partial charge in [-0.15, -0.1) is 23.7 Å². The molecule has 7 heteroatoms. The molecule has 4 nitrogen and oxygen atoms in total. The molecule has 2 rings (SSSR count). The number of ether oxygens (including phenoxy) is 1. The van der Waals surface area contributed by atoms with Gasteiger partial charge in [0.1, 0.15) is 5.01 Å². The molecule has 1 atom stereocenters. The van der Waals surface area contributed by atoms with Gasteiger partial charge in [0.25, 0.3) is 0 Å². The van der Waals surface area contributed by atoms with Crippen LogP contribution in [-0.4, -0.2) is 42.2 Å². The molecule has 0 saturated carbocycles. The van der Waals surface area contributed by atoms with Gasteiger partial charge in [-0.1, -0.05) is 0 Å². The summed E-state index contributed by atoms with van der Waals surface area (Å²) in [4.78, 5) is 6.66. The molecule has 1 aliphatic rings. The van der Waals surface area contributed by atoms with Gasteiger partial charge in [-0.2, -0.15) is 0 Å². The van der Waals surface area contributed by atoms with Crippen LogP contribution in [0.1, 0.15) is 5.01 Å². The highest BCUT2D eigenvalue weighted by Gasteiger charge is 2.19. The zero-order valence-corrected chi connectivity index (χ0v) is 12.0. The summed E-state index contributed by atoms with van der Waals surface area (Å²) < 4.78 is 6.59. The normalized spacial score (nSPS) is 21.8. The highest BCUT2D eigenvalue weighted by atomic mass is 79.9. The fourth-order valence-electron chi connectivity index (χ4n) is 1.62. The summed E-state index contributed by atoms with van der Waals surface area (Å²) in [6.45, 7) is 4.14. The Bertz CT molecular complexity index is 325. The third kappa shape index (κ3) is 3.94. The van der Waals surface area contributed by atoms with Crippen molar-refractivity contribution in [3.63, 3.8) is 0 Å². The molecule has 92 valence electrons. The van der Waals surface area contributed by atoms with Crippen molar-refractivity contribution in [3.8, 4) is 0 Å². The summed E-state index contributed by atoms with van der Waals surface area (Å²) in [5, 5.41) is 1.14. The molecular formula is C9H15BrClN3OS. The van der Waals surface area contributed by atoms with E-state index in [1.54, 1.807) is 11.3 Å². The summed E-state index contributed by atoms with van der Waals surface area (Å²) in [6, 6.07) is 0. The number of aromatic nitrogens is 1. The van der Waals surface area contributed by atoms with Crippen LogP contribution in [0.2, 0.25) is 0 Å². The Morgan fingerprint density at radius 3 is 3.12 bits per heavy atom. The van der Waals surface area contributed by atoms with E-state index in [1.165, 1.54) is 0 Å². The lowest BCUT2D eigenvalue weighted by molar-refractivity contribution is -0.0260. The first kappa shape index (κ1) is 14.3. The van der Waals surface area contributed by atoms with E-state index in [-0.39, 0.29) is 18.5 Å². The minimum Gasteiger partial charge on any atom is -0.374 e. The molecule has 0 bridgehead atoms. The first-order valence-electron chi connectivity index (χ1n) is 4.92. The third-order valence-electron chi connectivity index (χ3n) is 2.37. The van der Waals surface area contributed by atoms with E-state index in [1.807, 2.05) is 6.20 Å². The maximum Gasteiger partial charge on any atom is 0.108 e. The van der Waals surface area contributed by atoms with Crippen LogP contribution in [0.5, 0.6) is 0 Å². The highest BCUT2D eigenvalue weighted by Crippen LogP contribution is 2.20. The number of hydrogen-bond donors (Lipinski definition) is 1. The van der Waals surface area contributed by atoms with Crippen molar-refractivity contribution in [1.82, 2.24) is 9.88 Å². The molecular weight excluding hydrogens is 314 g/mol. The second kappa shape index (κ2) is 6.88. The quantitative estimate of drug-likeness (QED) is 0.913. The van der Waals surface area contributed by atoms with Gasteiger partial charge in [0.2, 0.25) is 0 Å². The Morgan fingerprint density at radius 1 is 1.69 bits per heavy atom. The number of hydrogen-bond acceptors (Lipinski definition) is 5. The fraction of sp³-hybridized carbons (Fsp3) is 0.667. The molecule has 1 aromatic heterocycles. The molecule has 1 aromatic rings. The zero-order valence-electron chi connectivity index (χ0n) is 8.76. The molecule has 1 aliphatic heterocycles. The SMILES string of the molecule is Cl.NCC1CN(Cc2ncc(Br)s2)CCO1. The maximum atomic E-state index is 5.59. The van der Waals surface area contributed by atoms with Crippen LogP contribution >= 0.6 is 39.7 Å². The van der Waals surface area contributed by atoms with Crippen molar-refractivity contribution in [2.45, 2.75) is 12.6 Å². The molecule has 16 heavy (non-hydrogen) atoms. The number of thiazole rings is 1. The van der Waals surface area contributed by atoms with Crippen molar-refractivity contribution in [3.05, 3.63) is 15.0 Å². The summed E-state index contributed by atoms with van der Waals surface area (Å²) >= 11 is 5.10. The van der Waals surface area contributed by atoms with Crippen LogP contribution in [-0.2, 0) is 11.3 Å². The van der Waals surface area contributed by atoms with Gasteiger partial charge in [-0.05, 0) is 15.9 Å². The average Bonchev–Trinajstić information content (AvgIpc) is 2.64. The largest absolute Gasteiger partial charge is 0.374 e. The molecule has 1 unspecified atom stereocenters. The lowest BCUT2D eigenvalue weighted by Crippen LogP contribution is -2.45. The summed E-state index contributed by atoms with van der Waals surface area (Å²) in [6.07, 6.45) is 2.03. The minimum atomic E-state index is 0. The second-order valence-corrected chi connectivity index (χ2v) is 6.02. The number of nitrogens with two attached hydrogens (primary N) is 1. The summed E-state index contributed by atoms with van der Waals surface area (Å²) in [5.41, 5.74) is 5.59. The maximum absolute atomic E-state index is 5.59. The zero-order chi connectivity index (χ0) is 10.7. The van der Waals surface area contributed by atoms with Gasteiger partial charge in [-0.25, -0.2) is 4.98 Å². The number of morpholine rings is 1. The highest BCUT2D eigenvalue weighted by molar-refractivity contribution is 9.11. The van der Waals surface area contributed by atoms with Crippen LogP contribution in [0.15, 0.2) is 9.98 Å². The Hall–Kier alpha value is 0.280. The van der Waals surface area contributed by atoms with Crippen molar-refractivity contribution >= 4 is 39.7 Å². The smallest absolute Gasteiger partial charge is 0.108 e. The van der Waals surface area contributed by atoms with Crippen molar-refractivity contribution in [2.75, 3.05) is 26.2 Å². The predicted molar refractivity (Wildman–Crippen MR) is 71.1 cm³/mol. The Morgan fingerprint density at radius 2 is 2.50 bits per heavy atom. The van der Waals surface area contributed by atoms with Gasteiger partial charge in [0.05, 0.1) is 29.2 Å². The second-order valence-electron chi connectivity index (χ2n) is 3.52. The van der Waals surface area contributed by atoms with E-state index in [0.717, 1.165) is 35.0 Å². The van der Waals surface area contributed by atoms with Crippen LogP contribution in [0, 0.1) is 0 Å². The van der Waals surface area contributed by atoms with E-state index in [4.69, 9.17) is 10.5 Å². The molecule has 2 heterocycles. The fourth-order valence-corrected chi connectivity index (χ4v) is 2.96. The van der Waals surface area contributed by atoms with Gasteiger partial charge in [0, 0.05) is 19.6 Å². The number of rotatable bonds is 3. The first-order valence-corrected chi connectivity index (χ1v) is 6.53. The number of nitrogens with zero attached hydrogens (tertiary/aromatic N) is 2. The average molecular weight is 329 g/mol. The van der Waals surface area contributed by atoms with E-state index >= 15 is 0 Å². The van der Waals surface area contributed by atoms with Crippen LogP contribution < -0.4 is 5.73 Å². The van der Waals surface area contributed by atoms with Gasteiger partial charge >= 0.3 is 0 Å². The predicted octanol–water partition coefficient (Wildman–Crippen LogP) is 1.49. The molecule has 0 radical (unpaired) electrons. The summed E-state index contributed by atoms with van der Waals surface area (Å²) in [5.74, 6) is 0. The van der Waals surface area contributed by atoms with Crippen molar-refractivity contribution in [2.24, 2.45) is 5.73 Å². The van der Waals surface area contributed by atoms with Gasteiger partial charge in [0.15, 0.2) is 0 Å². The molecule has 1 fully saturated rings. The lowest BCUT2D eigenvalue weighted by atomic mass is 10.3. The molecule has 0 amide bonds. The van der Waals surface area contributed by atoms with E-state index < -0.39 is 0 Å². The molecule has 0 aliphatic carbocycles. The topological polar surface area (TPSA) is 51.4 Å². The monoisotopic (exact) mass is 327 g/mol. The summed E-state index contributed by atoms with van der Waals surface area (Å²) in [7, 11) is 0.